The van der Waals surface area contributed by atoms with Gasteiger partial charge in [0.05, 0.1) is 0 Å². The van der Waals surface area contributed by atoms with Crippen LogP contribution < -0.4 is 10.5 Å². The Bertz CT molecular complexity index is 1020. The van der Waals surface area contributed by atoms with Gasteiger partial charge in [-0.05, 0) is 86.3 Å². The quantitative estimate of drug-likeness (QED) is 0.0800. The van der Waals surface area contributed by atoms with E-state index in [2.05, 4.69) is 9.62 Å². The number of benzene rings is 2. The number of anilines is 1. The van der Waals surface area contributed by atoms with E-state index in [9.17, 15) is 22.4 Å². The van der Waals surface area contributed by atoms with Crippen LogP contribution in [0.3, 0.4) is 0 Å². The maximum Gasteiger partial charge on any atom is 0.262 e. The van der Waals surface area contributed by atoms with Crippen LogP contribution in [0, 0.1) is 17.5 Å². The lowest BCUT2D eigenvalue weighted by atomic mass is 9.93. The van der Waals surface area contributed by atoms with Crippen molar-refractivity contribution in [3.63, 3.8) is 0 Å². The second-order valence-electron chi connectivity index (χ2n) is 9.81. The minimum Gasteiger partial charge on any atom is -0.394 e. The van der Waals surface area contributed by atoms with Gasteiger partial charge >= 0.3 is 0 Å². The minimum absolute atomic E-state index is 0.187. The van der Waals surface area contributed by atoms with E-state index in [0.29, 0.717) is 25.9 Å². The van der Waals surface area contributed by atoms with Crippen molar-refractivity contribution in [1.29, 1.82) is 0 Å². The van der Waals surface area contributed by atoms with Crippen molar-refractivity contribution in [2.75, 3.05) is 38.2 Å². The third kappa shape index (κ3) is 9.88. The van der Waals surface area contributed by atoms with Crippen molar-refractivity contribution >= 4 is 35.3 Å². The molecular weight excluding hydrogens is 550 g/mol. The summed E-state index contributed by atoms with van der Waals surface area (Å²) in [4.78, 5) is 15.9. The lowest BCUT2D eigenvalue weighted by Gasteiger charge is -2.34. The summed E-state index contributed by atoms with van der Waals surface area (Å²) in [6.45, 7) is 2.24. The van der Waals surface area contributed by atoms with Crippen LogP contribution in [0.1, 0.15) is 51.4 Å². The molecular formula is C28H37F4N3O2S2. The van der Waals surface area contributed by atoms with Gasteiger partial charge in [-0.3, -0.25) is 14.4 Å². The fourth-order valence-corrected chi connectivity index (χ4v) is 6.12. The number of nitrogen functional groups attached to an aromatic ring is 1. The number of ether oxygens (including phenoxy) is 1. The van der Waals surface area contributed by atoms with E-state index in [1.54, 1.807) is 11.8 Å². The topological polar surface area (TPSA) is 67.6 Å². The molecule has 0 spiro atoms. The first kappa shape index (κ1) is 31.6. The largest absolute Gasteiger partial charge is 0.394 e. The molecule has 1 amide bonds. The van der Waals surface area contributed by atoms with E-state index in [4.69, 9.17) is 10.5 Å². The Balaban J connectivity index is 0.000000223. The molecule has 0 unspecified atom stereocenters. The Kier molecular flexibility index (Phi) is 12.7. The smallest absolute Gasteiger partial charge is 0.262 e. The molecule has 2 aromatic carbocycles. The monoisotopic (exact) mass is 587 g/mol. The SMILES string of the molecule is COC1(C(=O)NSc2cc(F)c(N)c(F)c2)CCCCCC1.Fc1ccc(SCCCCN2CC(F)C2)cc1. The van der Waals surface area contributed by atoms with Gasteiger partial charge in [-0.25, -0.2) is 17.6 Å². The molecule has 2 aromatic rings. The van der Waals surface area contributed by atoms with Gasteiger partial charge in [0.1, 0.15) is 34.9 Å². The second kappa shape index (κ2) is 15.7. The van der Waals surface area contributed by atoms with E-state index in [1.165, 1.54) is 19.2 Å². The summed E-state index contributed by atoms with van der Waals surface area (Å²) >= 11 is 2.61. The molecule has 2 aliphatic rings. The molecule has 0 radical (unpaired) electrons. The molecule has 1 heterocycles. The van der Waals surface area contributed by atoms with Crippen molar-refractivity contribution in [2.45, 2.75) is 72.9 Å². The number of nitrogens with one attached hydrogen (secondary N) is 1. The van der Waals surface area contributed by atoms with Crippen LogP contribution in [0.15, 0.2) is 46.2 Å². The summed E-state index contributed by atoms with van der Waals surface area (Å²) in [5.41, 5.74) is 3.84. The molecule has 4 rings (SSSR count). The Morgan fingerprint density at radius 1 is 1.03 bits per heavy atom. The van der Waals surface area contributed by atoms with E-state index in [0.717, 1.165) is 79.8 Å². The molecule has 1 saturated carbocycles. The van der Waals surface area contributed by atoms with E-state index < -0.39 is 29.1 Å². The summed E-state index contributed by atoms with van der Waals surface area (Å²) in [6.07, 6.45) is 6.97. The van der Waals surface area contributed by atoms with Crippen molar-refractivity contribution in [2.24, 2.45) is 0 Å². The summed E-state index contributed by atoms with van der Waals surface area (Å²) in [5.74, 6) is -1.09. The van der Waals surface area contributed by atoms with Gasteiger partial charge in [0.15, 0.2) is 0 Å². The minimum atomic E-state index is -0.853. The number of methoxy groups -OCH3 is 1. The van der Waals surface area contributed by atoms with Crippen molar-refractivity contribution in [3.05, 3.63) is 53.8 Å². The highest BCUT2D eigenvalue weighted by Gasteiger charge is 2.38. The third-order valence-electron chi connectivity index (χ3n) is 6.89. The standard InChI is InChI=1S/C15H20F2N2O2S.C13H17F2NS/c1-21-15(6-4-2-3-5-7-15)14(20)19-22-10-8-11(16)13(18)12(17)9-10;14-11-3-5-13(6-4-11)17-8-2-1-7-16-9-12(15)10-16/h8-9H,2-7,18H2,1H3,(H,19,20);3-6,12H,1-2,7-10H2. The highest BCUT2D eigenvalue weighted by atomic mass is 32.2. The Labute approximate surface area is 236 Å². The average Bonchev–Trinajstić information content (AvgIpc) is 3.17. The van der Waals surface area contributed by atoms with Crippen LogP contribution in [0.2, 0.25) is 0 Å². The maximum atomic E-state index is 13.4. The van der Waals surface area contributed by atoms with Gasteiger partial charge in [-0.2, -0.15) is 0 Å². The molecule has 5 nitrogen and oxygen atoms in total. The molecule has 0 bridgehead atoms. The highest BCUT2D eigenvalue weighted by molar-refractivity contribution is 7.99. The Morgan fingerprint density at radius 3 is 2.21 bits per heavy atom. The molecule has 1 aliphatic carbocycles. The van der Waals surface area contributed by atoms with Gasteiger partial charge in [-0.15, -0.1) is 11.8 Å². The summed E-state index contributed by atoms with van der Waals surface area (Å²) in [5, 5.41) is 0. The van der Waals surface area contributed by atoms with Gasteiger partial charge in [0, 0.05) is 30.0 Å². The first-order chi connectivity index (χ1) is 18.7. The van der Waals surface area contributed by atoms with Crippen LogP contribution in [0.4, 0.5) is 23.2 Å². The number of hydrogen-bond acceptors (Lipinski definition) is 6. The maximum absolute atomic E-state index is 13.4. The molecule has 2 fully saturated rings. The number of amides is 1. The summed E-state index contributed by atoms with van der Waals surface area (Å²) in [7, 11) is 1.53. The Morgan fingerprint density at radius 2 is 1.64 bits per heavy atom. The molecule has 1 aliphatic heterocycles. The number of carbonyl (C=O) groups excluding carboxylic acids is 1. The number of nitrogens with zero attached hydrogens (tertiary/aromatic N) is 1. The molecule has 0 aromatic heterocycles. The summed E-state index contributed by atoms with van der Waals surface area (Å²) in [6, 6.07) is 8.78. The number of thioether (sulfide) groups is 1. The fraction of sp³-hybridized carbons (Fsp3) is 0.536. The molecule has 39 heavy (non-hydrogen) atoms. The number of rotatable bonds is 10. The van der Waals surface area contributed by atoms with E-state index in [1.807, 2.05) is 12.1 Å². The van der Waals surface area contributed by atoms with Gasteiger partial charge in [-0.1, -0.05) is 25.7 Å². The predicted molar refractivity (Wildman–Crippen MR) is 150 cm³/mol. The lowest BCUT2D eigenvalue weighted by molar-refractivity contribution is -0.143. The second-order valence-corrected chi connectivity index (χ2v) is 11.9. The Hall–Kier alpha value is -1.95. The van der Waals surface area contributed by atoms with Crippen molar-refractivity contribution < 1.29 is 27.1 Å². The highest BCUT2D eigenvalue weighted by Crippen LogP contribution is 2.32. The van der Waals surface area contributed by atoms with Crippen LogP contribution in [0.25, 0.3) is 0 Å². The van der Waals surface area contributed by atoms with Gasteiger partial charge < -0.3 is 10.5 Å². The molecule has 216 valence electrons. The van der Waals surface area contributed by atoms with E-state index in [-0.39, 0.29) is 16.6 Å². The zero-order valence-electron chi connectivity index (χ0n) is 22.2. The first-order valence-electron chi connectivity index (χ1n) is 13.2. The fourth-order valence-electron chi connectivity index (χ4n) is 4.49. The molecule has 3 N–H and O–H groups in total. The number of nitrogens with two attached hydrogens (primary N) is 1. The number of carbonyl (C=O) groups is 1. The number of hydrogen-bond donors (Lipinski definition) is 2. The average molecular weight is 588 g/mol. The molecule has 1 saturated heterocycles. The lowest BCUT2D eigenvalue weighted by Crippen LogP contribution is -2.48. The first-order valence-corrected chi connectivity index (χ1v) is 15.0. The van der Waals surface area contributed by atoms with Crippen LogP contribution in [-0.4, -0.2) is 55.1 Å². The van der Waals surface area contributed by atoms with Gasteiger partial charge in [0.2, 0.25) is 0 Å². The number of likely N-dealkylation sites (tertiary alicyclic amines) is 1. The zero-order chi connectivity index (χ0) is 28.3. The van der Waals surface area contributed by atoms with Crippen molar-refractivity contribution in [1.82, 2.24) is 9.62 Å². The summed E-state index contributed by atoms with van der Waals surface area (Å²) < 4.78 is 60.1. The van der Waals surface area contributed by atoms with E-state index >= 15 is 0 Å². The normalized spacial score (nSPS) is 17.5. The van der Waals surface area contributed by atoms with Crippen LogP contribution >= 0.6 is 23.7 Å². The van der Waals surface area contributed by atoms with Gasteiger partial charge in [0.25, 0.3) is 5.91 Å². The molecule has 11 heteroatoms. The predicted octanol–water partition coefficient (Wildman–Crippen LogP) is 6.76. The van der Waals surface area contributed by atoms with Crippen molar-refractivity contribution in [3.8, 4) is 0 Å². The number of halogens is 4. The number of alkyl halides is 1. The van der Waals surface area contributed by atoms with Crippen LogP contribution in [-0.2, 0) is 9.53 Å². The zero-order valence-corrected chi connectivity index (χ0v) is 23.8. The number of unbranched alkanes of at least 4 members (excludes halogenated alkanes) is 1. The molecule has 0 atom stereocenters. The third-order valence-corrected chi connectivity index (χ3v) is 8.75. The van der Waals surface area contributed by atoms with Crippen LogP contribution in [0.5, 0.6) is 0 Å².